The Bertz CT molecular complexity index is 974. The van der Waals surface area contributed by atoms with E-state index in [4.69, 9.17) is 25.8 Å². The second-order valence-electron chi connectivity index (χ2n) is 6.97. The molecule has 158 valence electrons. The zero-order valence-corrected chi connectivity index (χ0v) is 18.5. The van der Waals surface area contributed by atoms with Crippen molar-refractivity contribution in [1.29, 1.82) is 0 Å². The van der Waals surface area contributed by atoms with E-state index in [0.717, 1.165) is 22.4 Å². The van der Waals surface area contributed by atoms with Crippen LogP contribution in [0.2, 0.25) is 5.02 Å². The highest BCUT2D eigenvalue weighted by atomic mass is 35.5. The average molecular weight is 426 g/mol. The average Bonchev–Trinajstić information content (AvgIpc) is 2.75. The molecule has 0 bridgehead atoms. The van der Waals surface area contributed by atoms with Crippen LogP contribution in [0.1, 0.15) is 29.2 Å². The van der Waals surface area contributed by atoms with E-state index < -0.39 is 0 Å². The topological polar surface area (TPSA) is 39.7 Å². The van der Waals surface area contributed by atoms with Crippen molar-refractivity contribution in [2.75, 3.05) is 13.7 Å². The number of hydrogen-bond donors (Lipinski definition) is 1. The van der Waals surface area contributed by atoms with Gasteiger partial charge in [0.05, 0.1) is 18.7 Å². The van der Waals surface area contributed by atoms with Gasteiger partial charge in [0, 0.05) is 18.7 Å². The lowest BCUT2D eigenvalue weighted by molar-refractivity contribution is 0.268. The molecule has 5 heteroatoms. The summed E-state index contributed by atoms with van der Waals surface area (Å²) in [6.07, 6.45) is 0. The molecule has 0 aromatic heterocycles. The lowest BCUT2D eigenvalue weighted by Gasteiger charge is -2.16. The number of para-hydroxylation sites is 1. The monoisotopic (exact) mass is 425 g/mol. The lowest BCUT2D eigenvalue weighted by atomic mass is 10.1. The predicted octanol–water partition coefficient (Wildman–Crippen LogP) is 5.92. The molecular weight excluding hydrogens is 398 g/mol. The van der Waals surface area contributed by atoms with Crippen LogP contribution < -0.4 is 19.5 Å². The summed E-state index contributed by atoms with van der Waals surface area (Å²) in [5.74, 6) is 2.11. The van der Waals surface area contributed by atoms with Crippen molar-refractivity contribution < 1.29 is 14.2 Å². The van der Waals surface area contributed by atoms with E-state index in [-0.39, 0.29) is 0 Å². The van der Waals surface area contributed by atoms with Crippen molar-refractivity contribution in [3.8, 4) is 17.2 Å². The fourth-order valence-electron chi connectivity index (χ4n) is 3.24. The second-order valence-corrected chi connectivity index (χ2v) is 7.38. The van der Waals surface area contributed by atoms with Crippen molar-refractivity contribution >= 4 is 11.6 Å². The van der Waals surface area contributed by atoms with Gasteiger partial charge >= 0.3 is 0 Å². The van der Waals surface area contributed by atoms with Crippen molar-refractivity contribution in [2.45, 2.75) is 33.5 Å². The third-order valence-corrected chi connectivity index (χ3v) is 5.12. The Morgan fingerprint density at radius 2 is 1.60 bits per heavy atom. The van der Waals surface area contributed by atoms with Crippen molar-refractivity contribution in [1.82, 2.24) is 5.32 Å². The number of ether oxygens (including phenoxy) is 3. The Balaban J connectivity index is 1.70. The van der Waals surface area contributed by atoms with Gasteiger partial charge in [-0.1, -0.05) is 54.1 Å². The molecule has 0 amide bonds. The van der Waals surface area contributed by atoms with Crippen molar-refractivity contribution in [3.63, 3.8) is 0 Å². The molecule has 0 aliphatic carbocycles. The van der Waals surface area contributed by atoms with Crippen LogP contribution >= 0.6 is 11.6 Å². The molecule has 0 heterocycles. The van der Waals surface area contributed by atoms with Gasteiger partial charge in [0.1, 0.15) is 12.4 Å². The minimum atomic E-state index is 0.442. The van der Waals surface area contributed by atoms with Gasteiger partial charge in [-0.25, -0.2) is 0 Å². The summed E-state index contributed by atoms with van der Waals surface area (Å²) in [5, 5.41) is 3.98. The van der Waals surface area contributed by atoms with Gasteiger partial charge in [0.15, 0.2) is 11.5 Å². The smallest absolute Gasteiger partial charge is 0.180 e. The summed E-state index contributed by atoms with van der Waals surface area (Å²) in [6.45, 7) is 6.34. The summed E-state index contributed by atoms with van der Waals surface area (Å²) in [5.41, 5.74) is 4.44. The van der Waals surface area contributed by atoms with E-state index in [1.54, 1.807) is 7.11 Å². The number of nitrogens with one attached hydrogen (secondary N) is 1. The molecule has 3 aromatic carbocycles. The number of benzene rings is 3. The molecule has 4 nitrogen and oxygen atoms in total. The van der Waals surface area contributed by atoms with Crippen LogP contribution in [-0.4, -0.2) is 13.7 Å². The highest BCUT2D eigenvalue weighted by molar-refractivity contribution is 6.32. The molecule has 0 radical (unpaired) electrons. The molecular formula is C25H28ClNO3. The van der Waals surface area contributed by atoms with Crippen LogP contribution in [0.4, 0.5) is 0 Å². The quantitative estimate of drug-likeness (QED) is 0.437. The van der Waals surface area contributed by atoms with Crippen LogP contribution in [0.15, 0.2) is 60.7 Å². The number of halogens is 1. The molecule has 0 atom stereocenters. The highest BCUT2D eigenvalue weighted by Crippen LogP contribution is 2.37. The molecule has 0 saturated carbocycles. The minimum absolute atomic E-state index is 0.442. The van der Waals surface area contributed by atoms with E-state index >= 15 is 0 Å². The molecule has 0 aliphatic rings. The molecule has 0 spiro atoms. The third kappa shape index (κ3) is 5.68. The Kier molecular flexibility index (Phi) is 8.00. The molecule has 0 unspecified atom stereocenters. The summed E-state index contributed by atoms with van der Waals surface area (Å²) in [4.78, 5) is 0. The van der Waals surface area contributed by atoms with E-state index in [1.165, 1.54) is 5.56 Å². The van der Waals surface area contributed by atoms with E-state index in [9.17, 15) is 0 Å². The van der Waals surface area contributed by atoms with Crippen molar-refractivity contribution in [3.05, 3.63) is 87.9 Å². The number of aryl methyl sites for hydroxylation is 1. The molecule has 3 aromatic rings. The van der Waals surface area contributed by atoms with Gasteiger partial charge in [0.25, 0.3) is 0 Å². The Morgan fingerprint density at radius 1 is 0.867 bits per heavy atom. The summed E-state index contributed by atoms with van der Waals surface area (Å²) < 4.78 is 17.3. The second kappa shape index (κ2) is 10.9. The van der Waals surface area contributed by atoms with Crippen LogP contribution in [0.3, 0.4) is 0 Å². The third-order valence-electron chi connectivity index (χ3n) is 4.84. The molecule has 1 N–H and O–H groups in total. The summed E-state index contributed by atoms with van der Waals surface area (Å²) in [6, 6.07) is 20.0. The SMILES string of the molecule is CCOc1cc(CNCc2ccccc2OC)cc(Cl)c1OCc1ccccc1C. The first-order valence-corrected chi connectivity index (χ1v) is 10.4. The zero-order chi connectivity index (χ0) is 21.3. The maximum absolute atomic E-state index is 6.57. The first-order valence-electron chi connectivity index (χ1n) is 10.1. The summed E-state index contributed by atoms with van der Waals surface area (Å²) >= 11 is 6.57. The maximum atomic E-state index is 6.57. The normalized spacial score (nSPS) is 10.7. The standard InChI is InChI=1S/C25H28ClNO3/c1-4-29-24-14-19(15-27-16-20-10-7-8-12-23(20)28-3)13-22(26)25(24)30-17-21-11-6-5-9-18(21)2/h5-14,27H,4,15-17H2,1-3H3. The van der Waals surface area contributed by atoms with E-state index in [2.05, 4.69) is 24.4 Å². The van der Waals surface area contributed by atoms with Crippen LogP contribution in [0.5, 0.6) is 17.2 Å². The first kappa shape index (κ1) is 22.0. The molecule has 0 saturated heterocycles. The Hall–Kier alpha value is -2.69. The van der Waals surface area contributed by atoms with E-state index in [1.807, 2.05) is 55.5 Å². The molecule has 3 rings (SSSR count). The lowest BCUT2D eigenvalue weighted by Crippen LogP contribution is -2.13. The Morgan fingerprint density at radius 3 is 2.33 bits per heavy atom. The predicted molar refractivity (Wildman–Crippen MR) is 122 cm³/mol. The van der Waals surface area contributed by atoms with Gasteiger partial charge in [-0.2, -0.15) is 0 Å². The molecule has 0 aliphatic heterocycles. The minimum Gasteiger partial charge on any atom is -0.496 e. The Labute approximate surface area is 183 Å². The molecule has 30 heavy (non-hydrogen) atoms. The van der Waals surface area contributed by atoms with Gasteiger partial charge in [0.2, 0.25) is 0 Å². The highest BCUT2D eigenvalue weighted by Gasteiger charge is 2.14. The number of hydrogen-bond acceptors (Lipinski definition) is 4. The van der Waals surface area contributed by atoms with Crippen LogP contribution in [-0.2, 0) is 19.7 Å². The zero-order valence-electron chi connectivity index (χ0n) is 17.7. The fourth-order valence-corrected chi connectivity index (χ4v) is 3.53. The number of rotatable bonds is 10. The first-order chi connectivity index (χ1) is 14.6. The maximum Gasteiger partial charge on any atom is 0.180 e. The largest absolute Gasteiger partial charge is 0.496 e. The van der Waals surface area contributed by atoms with Crippen LogP contribution in [0, 0.1) is 6.92 Å². The fraction of sp³-hybridized carbons (Fsp3) is 0.280. The van der Waals surface area contributed by atoms with Gasteiger partial charge < -0.3 is 19.5 Å². The van der Waals surface area contributed by atoms with Crippen molar-refractivity contribution in [2.24, 2.45) is 0 Å². The summed E-state index contributed by atoms with van der Waals surface area (Å²) in [7, 11) is 1.68. The van der Waals surface area contributed by atoms with Crippen LogP contribution in [0.25, 0.3) is 0 Å². The van der Waals surface area contributed by atoms with Gasteiger partial charge in [-0.3, -0.25) is 0 Å². The van der Waals surface area contributed by atoms with Gasteiger partial charge in [-0.15, -0.1) is 0 Å². The van der Waals surface area contributed by atoms with E-state index in [0.29, 0.717) is 42.8 Å². The molecule has 0 fully saturated rings. The number of methoxy groups -OCH3 is 1. The van der Waals surface area contributed by atoms with Gasteiger partial charge in [-0.05, 0) is 48.7 Å².